The molecule has 0 atom stereocenters. The first-order valence-corrected chi connectivity index (χ1v) is 17.6. The number of rotatable bonds is 14. The molecule has 4 rings (SSSR count). The predicted octanol–water partition coefficient (Wildman–Crippen LogP) is 5.55. The van der Waals surface area contributed by atoms with Crippen molar-refractivity contribution < 1.29 is 27.5 Å². The summed E-state index contributed by atoms with van der Waals surface area (Å²) in [6.07, 6.45) is 4.23. The van der Waals surface area contributed by atoms with Crippen LogP contribution in [0.2, 0.25) is 5.02 Å². The molecular weight excluding hydrogens is 630 g/mol. The smallest absolute Gasteiger partial charge is 0.340 e. The van der Waals surface area contributed by atoms with Crippen LogP contribution in [-0.4, -0.2) is 73.7 Å². The van der Waals surface area contributed by atoms with Crippen molar-refractivity contribution in [2.75, 3.05) is 37.7 Å². The fourth-order valence-electron chi connectivity index (χ4n) is 5.43. The van der Waals surface area contributed by atoms with Gasteiger partial charge < -0.3 is 14.5 Å². The number of anilines is 1. The fourth-order valence-corrected chi connectivity index (χ4v) is 6.66. The lowest BCUT2D eigenvalue weighted by atomic mass is 10.1. The van der Waals surface area contributed by atoms with E-state index in [9.17, 15) is 22.8 Å². The number of nitrogens with one attached hydrogen (secondary N) is 1. The quantitative estimate of drug-likeness (QED) is 0.221. The Kier molecular flexibility index (Phi) is 11.5. The zero-order valence-electron chi connectivity index (χ0n) is 27.1. The summed E-state index contributed by atoms with van der Waals surface area (Å²) in [6.45, 7) is 12.3. The average molecular weight is 672 g/mol. The van der Waals surface area contributed by atoms with Crippen LogP contribution < -0.4 is 9.62 Å². The second-order valence-electron chi connectivity index (χ2n) is 11.2. The van der Waals surface area contributed by atoms with Crippen LogP contribution in [-0.2, 0) is 21.2 Å². The van der Waals surface area contributed by atoms with Crippen molar-refractivity contribution in [3.63, 3.8) is 0 Å². The van der Waals surface area contributed by atoms with E-state index in [4.69, 9.17) is 16.3 Å². The molecule has 1 aromatic heterocycles. The summed E-state index contributed by atoms with van der Waals surface area (Å²) in [5, 5.41) is 4.67. The summed E-state index contributed by atoms with van der Waals surface area (Å²) in [5.74, 6) is -1.97. The average Bonchev–Trinajstić information content (AvgIpc) is 3.59. The fraction of sp³-hybridized carbons (Fsp3) is 0.455. The van der Waals surface area contributed by atoms with E-state index in [0.29, 0.717) is 25.2 Å². The molecule has 1 aliphatic heterocycles. The molecule has 1 N–H and O–H groups in total. The Morgan fingerprint density at radius 2 is 1.67 bits per heavy atom. The van der Waals surface area contributed by atoms with E-state index in [1.807, 2.05) is 6.92 Å². The van der Waals surface area contributed by atoms with Gasteiger partial charge in [-0.3, -0.25) is 9.59 Å². The molecule has 0 spiro atoms. The normalized spacial score (nSPS) is 12.6. The first-order valence-electron chi connectivity index (χ1n) is 15.8. The molecule has 3 aromatic rings. The summed E-state index contributed by atoms with van der Waals surface area (Å²) in [7, 11) is -4.21. The number of fused-ring (bicyclic) bond motifs is 1. The van der Waals surface area contributed by atoms with Crippen molar-refractivity contribution in [1.82, 2.24) is 19.4 Å². The van der Waals surface area contributed by atoms with Crippen LogP contribution in [0.4, 0.5) is 5.69 Å². The topological polar surface area (TPSA) is 131 Å². The van der Waals surface area contributed by atoms with E-state index < -0.39 is 21.9 Å². The Hall–Kier alpha value is -3.90. The van der Waals surface area contributed by atoms with Gasteiger partial charge in [0.2, 0.25) is 0 Å². The van der Waals surface area contributed by atoms with Gasteiger partial charge in [0.25, 0.3) is 21.8 Å². The number of carbonyl (C=O) groups is 3. The summed E-state index contributed by atoms with van der Waals surface area (Å²) in [4.78, 5) is 43.8. The largest absolute Gasteiger partial charge is 0.462 e. The molecule has 0 saturated heterocycles. The van der Waals surface area contributed by atoms with Crippen molar-refractivity contribution in [3.05, 3.63) is 69.5 Å². The van der Waals surface area contributed by atoms with Gasteiger partial charge in [-0.15, -0.1) is 0 Å². The lowest BCUT2D eigenvalue weighted by molar-refractivity contribution is 0.0526. The molecule has 2 amide bonds. The minimum atomic E-state index is -4.21. The Morgan fingerprint density at radius 3 is 2.30 bits per heavy atom. The highest BCUT2D eigenvalue weighted by Gasteiger charge is 2.28. The van der Waals surface area contributed by atoms with Gasteiger partial charge in [-0.1, -0.05) is 38.3 Å². The molecule has 0 aliphatic carbocycles. The molecule has 0 fully saturated rings. The molecule has 46 heavy (non-hydrogen) atoms. The van der Waals surface area contributed by atoms with E-state index in [0.717, 1.165) is 50.0 Å². The number of likely N-dealkylation sites (N-methyl/N-ethyl adjacent to an activating group) is 1. The summed E-state index contributed by atoms with van der Waals surface area (Å²) in [5.41, 5.74) is 2.46. The van der Waals surface area contributed by atoms with Crippen LogP contribution in [0.15, 0.2) is 41.3 Å². The van der Waals surface area contributed by atoms with Gasteiger partial charge in [0.05, 0.1) is 33.5 Å². The van der Waals surface area contributed by atoms with Crippen LogP contribution in [0.3, 0.4) is 0 Å². The standard InChI is InChI=1S/C33H42ClN5O6S/c1-6-10-17-38(18-11-7-2)32(41)30-29(34)22(5)39(35-30)28-14-12-24(21-26(28)33(42)45-9-4)31(40)36-46(43,44)25-13-15-27-23(20-25)16-19-37(27)8-3/h12-15,20-21H,6-11,16-19H2,1-5H3,(H,36,40). The SMILES string of the molecule is CCCCN(CCCC)C(=O)c1nn(-c2ccc(C(=O)NS(=O)(=O)c3ccc4c(c3)CCN4CC)cc2C(=O)OCC)c(C)c1Cl. The monoisotopic (exact) mass is 671 g/mol. The molecule has 11 nitrogen and oxygen atoms in total. The number of aromatic nitrogens is 2. The zero-order chi connectivity index (χ0) is 33.6. The second kappa shape index (κ2) is 15.1. The van der Waals surface area contributed by atoms with Crippen molar-refractivity contribution in [2.45, 2.75) is 71.6 Å². The second-order valence-corrected chi connectivity index (χ2v) is 13.2. The van der Waals surface area contributed by atoms with Gasteiger partial charge in [0.15, 0.2) is 5.69 Å². The van der Waals surface area contributed by atoms with Crippen LogP contribution in [0.25, 0.3) is 5.69 Å². The minimum absolute atomic E-state index is 0.0225. The molecule has 0 bridgehead atoms. The Bertz CT molecular complexity index is 1710. The lowest BCUT2D eigenvalue weighted by Crippen LogP contribution is -2.33. The molecule has 2 aromatic carbocycles. The van der Waals surface area contributed by atoms with E-state index in [-0.39, 0.29) is 44.9 Å². The van der Waals surface area contributed by atoms with E-state index >= 15 is 0 Å². The van der Waals surface area contributed by atoms with E-state index in [1.54, 1.807) is 30.9 Å². The summed E-state index contributed by atoms with van der Waals surface area (Å²) < 4.78 is 35.2. The third kappa shape index (κ3) is 7.39. The number of sulfonamides is 1. The van der Waals surface area contributed by atoms with Crippen LogP contribution in [0, 0.1) is 6.92 Å². The zero-order valence-corrected chi connectivity index (χ0v) is 28.6. The van der Waals surface area contributed by atoms with E-state index in [1.165, 1.54) is 28.9 Å². The number of hydrogen-bond acceptors (Lipinski definition) is 8. The first-order chi connectivity index (χ1) is 22.0. The molecular formula is C33H42ClN5O6S. The number of hydrogen-bond donors (Lipinski definition) is 1. The number of carbonyl (C=O) groups excluding carboxylic acids is 3. The van der Waals surface area contributed by atoms with Crippen LogP contribution in [0.1, 0.15) is 95.8 Å². The van der Waals surface area contributed by atoms with Gasteiger partial charge in [-0.2, -0.15) is 5.10 Å². The van der Waals surface area contributed by atoms with Gasteiger partial charge in [-0.25, -0.2) is 22.6 Å². The molecule has 2 heterocycles. The Labute approximate surface area is 275 Å². The highest BCUT2D eigenvalue weighted by Crippen LogP contribution is 2.30. The first kappa shape index (κ1) is 35.0. The molecule has 248 valence electrons. The summed E-state index contributed by atoms with van der Waals surface area (Å²) in [6, 6.07) is 8.91. The highest BCUT2D eigenvalue weighted by molar-refractivity contribution is 7.90. The number of unbranched alkanes of at least 4 members (excludes halogenated alkanes) is 2. The number of benzene rings is 2. The van der Waals surface area contributed by atoms with Crippen molar-refractivity contribution in [2.24, 2.45) is 0 Å². The maximum absolute atomic E-state index is 13.5. The maximum Gasteiger partial charge on any atom is 0.340 e. The molecule has 0 radical (unpaired) electrons. The van der Waals surface area contributed by atoms with E-state index in [2.05, 4.69) is 28.6 Å². The molecule has 0 unspecified atom stereocenters. The molecule has 1 aliphatic rings. The maximum atomic E-state index is 13.5. The molecule has 0 saturated carbocycles. The van der Waals surface area contributed by atoms with Gasteiger partial charge in [0.1, 0.15) is 0 Å². The number of halogens is 1. The third-order valence-electron chi connectivity index (χ3n) is 8.04. The minimum Gasteiger partial charge on any atom is -0.462 e. The highest BCUT2D eigenvalue weighted by atomic mass is 35.5. The van der Waals surface area contributed by atoms with Crippen molar-refractivity contribution in [1.29, 1.82) is 0 Å². The number of nitrogens with zero attached hydrogens (tertiary/aromatic N) is 4. The number of amides is 2. The van der Waals surface area contributed by atoms with Gasteiger partial charge in [0, 0.05) is 37.4 Å². The third-order valence-corrected chi connectivity index (χ3v) is 9.82. The Morgan fingerprint density at radius 1 is 1.00 bits per heavy atom. The van der Waals surface area contributed by atoms with Crippen molar-refractivity contribution in [3.8, 4) is 5.69 Å². The van der Waals surface area contributed by atoms with Gasteiger partial charge >= 0.3 is 5.97 Å². The predicted molar refractivity (Wildman–Crippen MR) is 178 cm³/mol. The van der Waals surface area contributed by atoms with Crippen LogP contribution >= 0.6 is 11.6 Å². The molecule has 13 heteroatoms. The number of esters is 1. The lowest BCUT2D eigenvalue weighted by Gasteiger charge is -2.21. The van der Waals surface area contributed by atoms with Crippen LogP contribution in [0.5, 0.6) is 0 Å². The van der Waals surface area contributed by atoms with Gasteiger partial charge in [-0.05, 0) is 82.0 Å². The summed E-state index contributed by atoms with van der Waals surface area (Å²) >= 11 is 6.65. The van der Waals surface area contributed by atoms with Crippen molar-refractivity contribution >= 4 is 45.1 Å². The number of ether oxygens (including phenoxy) is 1. The Balaban J connectivity index is 1.67.